The summed E-state index contributed by atoms with van der Waals surface area (Å²) in [4.78, 5) is 3.94. The van der Waals surface area contributed by atoms with E-state index in [0.29, 0.717) is 12.2 Å². The number of benzene rings is 1. The quantitative estimate of drug-likeness (QED) is 0.941. The molecule has 1 aromatic carbocycles. The van der Waals surface area contributed by atoms with Gasteiger partial charge in [0.05, 0.1) is 0 Å². The van der Waals surface area contributed by atoms with Gasteiger partial charge >= 0.3 is 0 Å². The van der Waals surface area contributed by atoms with Crippen LogP contribution < -0.4 is 5.32 Å². The molecule has 0 aliphatic heterocycles. The lowest BCUT2D eigenvalue weighted by Crippen LogP contribution is -2.00. The van der Waals surface area contributed by atoms with E-state index in [1.54, 1.807) is 12.3 Å². The second-order valence-electron chi connectivity index (χ2n) is 3.98. The molecule has 0 radical (unpaired) electrons. The molecule has 0 spiro atoms. The van der Waals surface area contributed by atoms with Crippen molar-refractivity contribution in [1.29, 1.82) is 5.26 Å². The Bertz CT molecular complexity index is 602. The predicted molar refractivity (Wildman–Crippen MR) is 75.2 cm³/mol. The number of pyridine rings is 1. The first-order chi connectivity index (χ1) is 8.69. The van der Waals surface area contributed by atoms with Gasteiger partial charge in [0.1, 0.15) is 11.8 Å². The summed E-state index contributed by atoms with van der Waals surface area (Å²) < 4.78 is 1.08. The molecule has 0 aliphatic rings. The van der Waals surface area contributed by atoms with Crippen molar-refractivity contribution in [1.82, 2.24) is 4.98 Å². The number of aromatic nitrogens is 1. The highest BCUT2D eigenvalue weighted by Crippen LogP contribution is 2.21. The van der Waals surface area contributed by atoms with Crippen molar-refractivity contribution in [3.63, 3.8) is 0 Å². The van der Waals surface area contributed by atoms with E-state index in [1.807, 2.05) is 24.3 Å². The van der Waals surface area contributed by atoms with E-state index in [2.05, 4.69) is 39.2 Å². The summed E-state index contributed by atoms with van der Waals surface area (Å²) in [5.41, 5.74) is 3.73. The van der Waals surface area contributed by atoms with Gasteiger partial charge in [0.2, 0.25) is 0 Å². The average Bonchev–Trinajstić information content (AvgIpc) is 2.40. The molecule has 0 amide bonds. The lowest BCUT2D eigenvalue weighted by Gasteiger charge is -2.08. The molecule has 1 heterocycles. The SMILES string of the molecule is Cc1ccc(NCc2ccnc(C#N)c2)cc1Br. The van der Waals surface area contributed by atoms with Crippen molar-refractivity contribution in [3.05, 3.63) is 57.8 Å². The molecule has 90 valence electrons. The number of hydrogen-bond acceptors (Lipinski definition) is 3. The molecule has 18 heavy (non-hydrogen) atoms. The number of halogens is 1. The molecule has 3 nitrogen and oxygen atoms in total. The smallest absolute Gasteiger partial charge is 0.140 e. The Morgan fingerprint density at radius 3 is 2.89 bits per heavy atom. The maximum Gasteiger partial charge on any atom is 0.140 e. The van der Waals surface area contributed by atoms with E-state index in [9.17, 15) is 0 Å². The van der Waals surface area contributed by atoms with Crippen LogP contribution in [0.3, 0.4) is 0 Å². The molecule has 0 aliphatic carbocycles. The third-order valence-corrected chi connectivity index (χ3v) is 3.46. The van der Waals surface area contributed by atoms with Crippen molar-refractivity contribution < 1.29 is 0 Å². The maximum atomic E-state index is 8.78. The topological polar surface area (TPSA) is 48.7 Å². The first kappa shape index (κ1) is 12.6. The van der Waals surface area contributed by atoms with Crippen LogP contribution in [0.1, 0.15) is 16.8 Å². The van der Waals surface area contributed by atoms with E-state index in [-0.39, 0.29) is 0 Å². The Balaban J connectivity index is 2.07. The third-order valence-electron chi connectivity index (χ3n) is 2.61. The van der Waals surface area contributed by atoms with Crippen LogP contribution in [0.15, 0.2) is 41.0 Å². The Morgan fingerprint density at radius 1 is 1.33 bits per heavy atom. The number of anilines is 1. The second kappa shape index (κ2) is 5.65. The molecule has 1 aromatic heterocycles. The number of hydrogen-bond donors (Lipinski definition) is 1. The van der Waals surface area contributed by atoms with Crippen LogP contribution in [0.25, 0.3) is 0 Å². The molecule has 4 heteroatoms. The normalized spacial score (nSPS) is 9.83. The monoisotopic (exact) mass is 301 g/mol. The minimum atomic E-state index is 0.444. The van der Waals surface area contributed by atoms with Gasteiger partial charge < -0.3 is 5.32 Å². The zero-order valence-corrected chi connectivity index (χ0v) is 11.5. The van der Waals surface area contributed by atoms with Gasteiger partial charge in [0, 0.05) is 22.9 Å². The Labute approximate surface area is 115 Å². The maximum absolute atomic E-state index is 8.78. The summed E-state index contributed by atoms with van der Waals surface area (Å²) in [6, 6.07) is 11.9. The molecular weight excluding hydrogens is 290 g/mol. The lowest BCUT2D eigenvalue weighted by molar-refractivity contribution is 1.11. The van der Waals surface area contributed by atoms with Gasteiger partial charge in [-0.3, -0.25) is 0 Å². The highest BCUT2D eigenvalue weighted by Gasteiger charge is 1.99. The summed E-state index contributed by atoms with van der Waals surface area (Å²) in [5, 5.41) is 12.1. The number of nitriles is 1. The van der Waals surface area contributed by atoms with E-state index >= 15 is 0 Å². The molecular formula is C14H12BrN3. The minimum absolute atomic E-state index is 0.444. The number of rotatable bonds is 3. The van der Waals surface area contributed by atoms with E-state index in [4.69, 9.17) is 5.26 Å². The van der Waals surface area contributed by atoms with Crippen LogP contribution >= 0.6 is 15.9 Å². The zero-order chi connectivity index (χ0) is 13.0. The molecule has 1 N–H and O–H groups in total. The largest absolute Gasteiger partial charge is 0.381 e. The van der Waals surface area contributed by atoms with Crippen LogP contribution in [0.2, 0.25) is 0 Å². The van der Waals surface area contributed by atoms with Crippen LogP contribution in [-0.2, 0) is 6.54 Å². The average molecular weight is 302 g/mol. The van der Waals surface area contributed by atoms with Crippen molar-refractivity contribution in [3.8, 4) is 6.07 Å². The number of aryl methyl sites for hydroxylation is 1. The molecule has 2 aromatic rings. The van der Waals surface area contributed by atoms with Gasteiger partial charge in [0.25, 0.3) is 0 Å². The van der Waals surface area contributed by atoms with Gasteiger partial charge in [-0.2, -0.15) is 5.26 Å². The fourth-order valence-corrected chi connectivity index (χ4v) is 1.93. The summed E-state index contributed by atoms with van der Waals surface area (Å²) in [6.45, 7) is 2.72. The minimum Gasteiger partial charge on any atom is -0.381 e. The lowest BCUT2D eigenvalue weighted by atomic mass is 10.2. The molecule has 0 unspecified atom stereocenters. The molecule has 0 saturated heterocycles. The van der Waals surface area contributed by atoms with E-state index in [0.717, 1.165) is 15.7 Å². The first-order valence-corrected chi connectivity index (χ1v) is 6.33. The van der Waals surface area contributed by atoms with Gasteiger partial charge in [-0.25, -0.2) is 4.98 Å². The Morgan fingerprint density at radius 2 is 2.17 bits per heavy atom. The zero-order valence-electron chi connectivity index (χ0n) is 9.94. The Kier molecular flexibility index (Phi) is 3.96. The fraction of sp³-hybridized carbons (Fsp3) is 0.143. The fourth-order valence-electron chi connectivity index (χ4n) is 1.55. The van der Waals surface area contributed by atoms with Gasteiger partial charge in [-0.1, -0.05) is 22.0 Å². The molecule has 2 rings (SSSR count). The highest BCUT2D eigenvalue weighted by molar-refractivity contribution is 9.10. The Hall–Kier alpha value is -1.86. The summed E-state index contributed by atoms with van der Waals surface area (Å²) in [6.07, 6.45) is 1.65. The molecule has 0 fully saturated rings. The van der Waals surface area contributed by atoms with Crippen LogP contribution in [-0.4, -0.2) is 4.98 Å². The number of nitrogens with zero attached hydrogens (tertiary/aromatic N) is 2. The summed E-state index contributed by atoms with van der Waals surface area (Å²) in [7, 11) is 0. The molecule has 0 bridgehead atoms. The van der Waals surface area contributed by atoms with Gasteiger partial charge in [-0.15, -0.1) is 0 Å². The van der Waals surface area contributed by atoms with E-state index in [1.165, 1.54) is 5.56 Å². The molecule has 0 saturated carbocycles. The van der Waals surface area contributed by atoms with E-state index < -0.39 is 0 Å². The predicted octanol–water partition coefficient (Wildman–Crippen LogP) is 3.64. The highest BCUT2D eigenvalue weighted by atomic mass is 79.9. The standard InChI is InChI=1S/C14H12BrN3/c1-10-2-3-12(7-14(10)15)18-9-11-4-5-17-13(6-11)8-16/h2-7,18H,9H2,1H3. The van der Waals surface area contributed by atoms with Crippen molar-refractivity contribution >= 4 is 21.6 Å². The van der Waals surface area contributed by atoms with Gasteiger partial charge in [-0.05, 0) is 42.3 Å². The van der Waals surface area contributed by atoms with Crippen LogP contribution in [0, 0.1) is 18.3 Å². The van der Waals surface area contributed by atoms with Crippen molar-refractivity contribution in [2.24, 2.45) is 0 Å². The van der Waals surface area contributed by atoms with Crippen LogP contribution in [0.4, 0.5) is 5.69 Å². The molecule has 0 atom stereocenters. The van der Waals surface area contributed by atoms with Crippen LogP contribution in [0.5, 0.6) is 0 Å². The first-order valence-electron chi connectivity index (χ1n) is 5.54. The number of nitrogens with one attached hydrogen (secondary N) is 1. The van der Waals surface area contributed by atoms with Crippen molar-refractivity contribution in [2.75, 3.05) is 5.32 Å². The van der Waals surface area contributed by atoms with Crippen molar-refractivity contribution in [2.45, 2.75) is 13.5 Å². The summed E-state index contributed by atoms with van der Waals surface area (Å²) in [5.74, 6) is 0. The van der Waals surface area contributed by atoms with Gasteiger partial charge in [0.15, 0.2) is 0 Å². The third kappa shape index (κ3) is 3.08. The summed E-state index contributed by atoms with van der Waals surface area (Å²) >= 11 is 3.50. The second-order valence-corrected chi connectivity index (χ2v) is 4.83.